The van der Waals surface area contributed by atoms with Crippen LogP contribution in [0.2, 0.25) is 5.02 Å². The molecular weight excluding hydrogens is 509 g/mol. The first-order valence-electron chi connectivity index (χ1n) is 9.36. The third-order valence-electron chi connectivity index (χ3n) is 4.86. The molecule has 1 aliphatic rings. The van der Waals surface area contributed by atoms with E-state index in [0.29, 0.717) is 55.2 Å². The molecule has 1 atom stereocenters. The molecule has 0 aliphatic carbocycles. The van der Waals surface area contributed by atoms with Crippen LogP contribution in [0.4, 0.5) is 0 Å². The van der Waals surface area contributed by atoms with Crippen molar-refractivity contribution in [1.82, 2.24) is 20.8 Å². The Morgan fingerprint density at radius 3 is 2.93 bits per heavy atom. The minimum Gasteiger partial charge on any atom is -0.396 e. The van der Waals surface area contributed by atoms with Gasteiger partial charge in [-0.3, -0.25) is 4.99 Å². The molecule has 0 spiro atoms. The van der Waals surface area contributed by atoms with Crippen molar-refractivity contribution in [3.05, 3.63) is 35.2 Å². The maximum absolute atomic E-state index is 9.32. The van der Waals surface area contributed by atoms with Crippen LogP contribution in [0, 0.1) is 5.41 Å². The van der Waals surface area contributed by atoms with Gasteiger partial charge in [0, 0.05) is 55.8 Å². The molecule has 3 N–H and O–H groups in total. The summed E-state index contributed by atoms with van der Waals surface area (Å²) >= 11 is 6.00. The van der Waals surface area contributed by atoms with E-state index in [4.69, 9.17) is 20.9 Å². The van der Waals surface area contributed by atoms with Gasteiger partial charge < -0.3 is 25.0 Å². The highest BCUT2D eigenvalue weighted by Gasteiger charge is 2.34. The van der Waals surface area contributed by atoms with Crippen LogP contribution in [0.1, 0.15) is 18.7 Å². The average Bonchev–Trinajstić information content (AvgIpc) is 3.35. The van der Waals surface area contributed by atoms with Gasteiger partial charge in [-0.1, -0.05) is 28.9 Å². The first-order chi connectivity index (χ1) is 13.6. The molecule has 0 bridgehead atoms. The van der Waals surface area contributed by atoms with Crippen LogP contribution >= 0.6 is 35.6 Å². The lowest BCUT2D eigenvalue weighted by atomic mass is 9.84. The molecule has 3 rings (SSSR count). The van der Waals surface area contributed by atoms with E-state index < -0.39 is 0 Å². The summed E-state index contributed by atoms with van der Waals surface area (Å²) in [6.07, 6.45) is 2.22. The number of aliphatic imine (C=N–C) groups is 1. The van der Waals surface area contributed by atoms with Crippen molar-refractivity contribution < 1.29 is 14.4 Å². The molecule has 0 radical (unpaired) electrons. The number of benzene rings is 1. The van der Waals surface area contributed by atoms with Gasteiger partial charge in [0.15, 0.2) is 5.96 Å². The van der Waals surface area contributed by atoms with Crippen molar-refractivity contribution in [2.24, 2.45) is 10.4 Å². The topological polar surface area (TPSA) is 105 Å². The Bertz CT molecular complexity index is 796. The van der Waals surface area contributed by atoms with E-state index in [2.05, 4.69) is 25.8 Å². The number of ether oxygens (including phenoxy) is 1. The van der Waals surface area contributed by atoms with Crippen LogP contribution in [0.3, 0.4) is 0 Å². The first kappa shape index (κ1) is 23.8. The van der Waals surface area contributed by atoms with Crippen molar-refractivity contribution in [2.45, 2.75) is 19.3 Å². The number of aromatic nitrogens is 2. The van der Waals surface area contributed by atoms with E-state index in [1.165, 1.54) is 0 Å². The molecule has 10 heteroatoms. The second-order valence-electron chi connectivity index (χ2n) is 6.90. The van der Waals surface area contributed by atoms with Gasteiger partial charge in [0.2, 0.25) is 11.7 Å². The van der Waals surface area contributed by atoms with Crippen LogP contribution in [-0.4, -0.2) is 61.2 Å². The van der Waals surface area contributed by atoms with Gasteiger partial charge in [-0.15, -0.1) is 24.0 Å². The van der Waals surface area contributed by atoms with E-state index >= 15 is 0 Å². The molecule has 1 unspecified atom stereocenters. The number of hydrogen-bond donors (Lipinski definition) is 3. The molecule has 1 fully saturated rings. The molecule has 1 saturated heterocycles. The van der Waals surface area contributed by atoms with Gasteiger partial charge in [-0.2, -0.15) is 4.98 Å². The van der Waals surface area contributed by atoms with E-state index in [1.54, 1.807) is 19.2 Å². The van der Waals surface area contributed by atoms with Gasteiger partial charge >= 0.3 is 0 Å². The van der Waals surface area contributed by atoms with Crippen molar-refractivity contribution in [2.75, 3.05) is 40.0 Å². The van der Waals surface area contributed by atoms with E-state index in [-0.39, 0.29) is 36.0 Å². The lowest BCUT2D eigenvalue weighted by Gasteiger charge is -2.27. The molecule has 0 saturated carbocycles. The van der Waals surface area contributed by atoms with Crippen molar-refractivity contribution >= 4 is 41.5 Å². The first-order valence-corrected chi connectivity index (χ1v) is 9.74. The lowest BCUT2D eigenvalue weighted by Crippen LogP contribution is -2.45. The zero-order valence-corrected chi connectivity index (χ0v) is 19.4. The molecule has 8 nitrogen and oxygen atoms in total. The Labute approximate surface area is 192 Å². The Balaban J connectivity index is 0.00000300. The number of guanidine groups is 1. The Morgan fingerprint density at radius 2 is 2.24 bits per heavy atom. The largest absolute Gasteiger partial charge is 0.396 e. The summed E-state index contributed by atoms with van der Waals surface area (Å²) in [4.78, 5) is 8.65. The van der Waals surface area contributed by atoms with Crippen LogP contribution < -0.4 is 10.6 Å². The average molecular weight is 536 g/mol. The maximum atomic E-state index is 9.32. The summed E-state index contributed by atoms with van der Waals surface area (Å²) in [7, 11) is 1.73. The number of halogens is 2. The van der Waals surface area contributed by atoms with E-state index in [9.17, 15) is 5.11 Å². The van der Waals surface area contributed by atoms with Gasteiger partial charge in [-0.25, -0.2) is 0 Å². The molecule has 1 aromatic heterocycles. The SMILES string of the molecule is CN=C(NCCc1nc(-c2cccc(Cl)c2)no1)NCC1(CCO)CCOC1.I. The fourth-order valence-corrected chi connectivity index (χ4v) is 3.38. The number of hydrogen-bond acceptors (Lipinski definition) is 6. The molecule has 1 aromatic carbocycles. The second-order valence-corrected chi connectivity index (χ2v) is 7.34. The van der Waals surface area contributed by atoms with Crippen LogP contribution in [0.5, 0.6) is 0 Å². The molecule has 0 amide bonds. The van der Waals surface area contributed by atoms with Gasteiger partial charge in [-0.05, 0) is 25.0 Å². The molecule has 29 heavy (non-hydrogen) atoms. The van der Waals surface area contributed by atoms with Crippen LogP contribution in [0.15, 0.2) is 33.8 Å². The fraction of sp³-hybridized carbons (Fsp3) is 0.526. The highest BCUT2D eigenvalue weighted by molar-refractivity contribution is 14.0. The van der Waals surface area contributed by atoms with E-state index in [0.717, 1.165) is 18.6 Å². The predicted octanol–water partition coefficient (Wildman–Crippen LogP) is 2.50. The molecular formula is C19H27ClIN5O3. The molecule has 160 valence electrons. The number of aliphatic hydroxyl groups is 1. The lowest BCUT2D eigenvalue weighted by molar-refractivity contribution is 0.127. The Hall–Kier alpha value is -1.43. The number of nitrogens with one attached hydrogen (secondary N) is 2. The quantitative estimate of drug-likeness (QED) is 0.271. The third kappa shape index (κ3) is 6.80. The maximum Gasteiger partial charge on any atom is 0.228 e. The number of nitrogens with zero attached hydrogens (tertiary/aromatic N) is 3. The molecule has 1 aliphatic heterocycles. The number of rotatable bonds is 8. The summed E-state index contributed by atoms with van der Waals surface area (Å²) in [6.45, 7) is 2.85. The minimum atomic E-state index is -0.0370. The second kappa shape index (κ2) is 11.7. The van der Waals surface area contributed by atoms with Crippen LogP contribution in [0.25, 0.3) is 11.4 Å². The van der Waals surface area contributed by atoms with Crippen molar-refractivity contribution in [3.8, 4) is 11.4 Å². The van der Waals surface area contributed by atoms with Gasteiger partial charge in [0.05, 0.1) is 6.61 Å². The van der Waals surface area contributed by atoms with Crippen molar-refractivity contribution in [1.29, 1.82) is 0 Å². The standard InChI is InChI=1S/C19H26ClN5O3.HI/c1-21-18(23-12-19(6-9-26)7-10-27-13-19)22-8-5-16-24-17(25-28-16)14-3-2-4-15(20)11-14;/h2-4,11,26H,5-10,12-13H2,1H3,(H2,21,22,23);1H. The normalized spacial score (nSPS) is 19.1. The summed E-state index contributed by atoms with van der Waals surface area (Å²) < 4.78 is 10.8. The Kier molecular flexibility index (Phi) is 9.60. The predicted molar refractivity (Wildman–Crippen MR) is 123 cm³/mol. The summed E-state index contributed by atoms with van der Waals surface area (Å²) in [5, 5.41) is 20.5. The van der Waals surface area contributed by atoms with Crippen molar-refractivity contribution in [3.63, 3.8) is 0 Å². The third-order valence-corrected chi connectivity index (χ3v) is 5.10. The monoisotopic (exact) mass is 535 g/mol. The zero-order valence-electron chi connectivity index (χ0n) is 16.4. The zero-order chi connectivity index (χ0) is 19.8. The highest BCUT2D eigenvalue weighted by atomic mass is 127. The van der Waals surface area contributed by atoms with Gasteiger partial charge in [0.1, 0.15) is 0 Å². The van der Waals surface area contributed by atoms with Gasteiger partial charge in [0.25, 0.3) is 0 Å². The smallest absolute Gasteiger partial charge is 0.228 e. The minimum absolute atomic E-state index is 0. The highest BCUT2D eigenvalue weighted by Crippen LogP contribution is 2.31. The molecule has 2 aromatic rings. The van der Waals surface area contributed by atoms with Crippen LogP contribution in [-0.2, 0) is 11.2 Å². The Morgan fingerprint density at radius 1 is 1.38 bits per heavy atom. The summed E-state index contributed by atoms with van der Waals surface area (Å²) in [5.41, 5.74) is 0.783. The number of aliphatic hydroxyl groups excluding tert-OH is 1. The fourth-order valence-electron chi connectivity index (χ4n) is 3.19. The molecule has 2 heterocycles. The summed E-state index contributed by atoms with van der Waals surface area (Å²) in [5.74, 6) is 1.75. The van der Waals surface area contributed by atoms with E-state index in [1.807, 2.05) is 12.1 Å². The summed E-state index contributed by atoms with van der Waals surface area (Å²) in [6, 6.07) is 7.34.